The number of amidine groups is 1. The number of alkyl halides is 3. The zero-order valence-corrected chi connectivity index (χ0v) is 15.8. The van der Waals surface area contributed by atoms with Crippen molar-refractivity contribution in [1.82, 2.24) is 9.38 Å². The first-order chi connectivity index (χ1) is 14.2. The summed E-state index contributed by atoms with van der Waals surface area (Å²) < 4.78 is 42.9. The first kappa shape index (κ1) is 21.1. The Morgan fingerprint density at radius 2 is 2.10 bits per heavy atom. The number of amides is 1. The van der Waals surface area contributed by atoms with E-state index in [1.54, 1.807) is 37.3 Å². The fraction of sp³-hybridized carbons (Fsp3) is 0.211. The van der Waals surface area contributed by atoms with Crippen LogP contribution in [0.4, 0.5) is 18.9 Å². The van der Waals surface area contributed by atoms with Crippen LogP contribution < -0.4 is 11.1 Å². The number of carbonyl (C=O) groups excluding carboxylic acids is 1. The maximum Gasteiger partial charge on any atom is 0.411 e. The van der Waals surface area contributed by atoms with Crippen LogP contribution in [-0.2, 0) is 11.3 Å². The van der Waals surface area contributed by atoms with E-state index in [1.807, 2.05) is 0 Å². The lowest BCUT2D eigenvalue weighted by atomic mass is 10.1. The van der Waals surface area contributed by atoms with E-state index in [-0.39, 0.29) is 18.1 Å². The van der Waals surface area contributed by atoms with Gasteiger partial charge in [0.2, 0.25) is 0 Å². The van der Waals surface area contributed by atoms with Gasteiger partial charge in [-0.3, -0.25) is 9.20 Å². The Hall–Kier alpha value is -3.60. The Kier molecular flexibility index (Phi) is 5.92. The van der Waals surface area contributed by atoms with E-state index in [0.29, 0.717) is 22.5 Å². The van der Waals surface area contributed by atoms with Crippen molar-refractivity contribution >= 4 is 23.1 Å². The number of carbonyl (C=O) groups is 1. The van der Waals surface area contributed by atoms with Crippen LogP contribution in [0.1, 0.15) is 27.2 Å². The van der Waals surface area contributed by atoms with E-state index < -0.39 is 18.7 Å². The summed E-state index contributed by atoms with van der Waals surface area (Å²) in [5, 5.41) is 14.5. The molecule has 11 heteroatoms. The number of nitrogens with two attached hydrogens (primary N) is 1. The minimum absolute atomic E-state index is 0.108. The summed E-state index contributed by atoms with van der Waals surface area (Å²) in [6.07, 6.45) is -1.57. The van der Waals surface area contributed by atoms with Crippen molar-refractivity contribution in [2.75, 3.05) is 11.9 Å². The van der Waals surface area contributed by atoms with Crippen LogP contribution >= 0.6 is 0 Å². The molecule has 8 nitrogen and oxygen atoms in total. The number of ether oxygens (including phenoxy) is 1. The molecule has 3 rings (SSSR count). The van der Waals surface area contributed by atoms with Crippen LogP contribution in [-0.4, -0.2) is 39.1 Å². The van der Waals surface area contributed by atoms with Crippen molar-refractivity contribution < 1.29 is 27.9 Å². The molecular formula is C19H18F3N5O3. The first-order valence-electron chi connectivity index (χ1n) is 8.68. The Balaban J connectivity index is 1.82. The van der Waals surface area contributed by atoms with E-state index in [1.165, 1.54) is 16.8 Å². The number of fused-ring (bicyclic) bond motifs is 1. The molecule has 3 aromatic rings. The predicted molar refractivity (Wildman–Crippen MR) is 103 cm³/mol. The highest BCUT2D eigenvalue weighted by atomic mass is 19.4. The van der Waals surface area contributed by atoms with Crippen LogP contribution in [0.15, 0.2) is 47.9 Å². The molecular weight excluding hydrogens is 403 g/mol. The largest absolute Gasteiger partial charge is 0.411 e. The molecule has 30 heavy (non-hydrogen) atoms. The standard InChI is InChI=1S/C19H18F3N5O3/c1-11-2-4-13(17(23)26-29)6-14(11)25-18(28)15-7-24-16-5-3-12(8-27(15)16)9-30-10-19(20,21)22/h2-8,29H,9-10H2,1H3,(H2,23,26)(H,25,28). The smallest absolute Gasteiger partial charge is 0.409 e. The van der Waals surface area contributed by atoms with Gasteiger partial charge in [-0.05, 0) is 30.2 Å². The van der Waals surface area contributed by atoms with Gasteiger partial charge >= 0.3 is 6.18 Å². The number of anilines is 1. The molecule has 0 atom stereocenters. The number of nitrogens with zero attached hydrogens (tertiary/aromatic N) is 3. The summed E-state index contributed by atoms with van der Waals surface area (Å²) in [7, 11) is 0. The Bertz CT molecular complexity index is 1110. The molecule has 158 valence electrons. The van der Waals surface area contributed by atoms with E-state index in [2.05, 4.69) is 20.2 Å². The molecule has 0 fully saturated rings. The lowest BCUT2D eigenvalue weighted by Gasteiger charge is -2.11. The number of oxime groups is 1. The van der Waals surface area contributed by atoms with Gasteiger partial charge in [-0.2, -0.15) is 13.2 Å². The third kappa shape index (κ3) is 4.87. The zero-order chi connectivity index (χ0) is 21.9. The summed E-state index contributed by atoms with van der Waals surface area (Å²) in [6.45, 7) is 0.143. The number of aryl methyl sites for hydroxylation is 1. The number of aromatic nitrogens is 2. The molecule has 2 aromatic heterocycles. The second kappa shape index (κ2) is 8.41. The SMILES string of the molecule is Cc1ccc(C(N)=NO)cc1NC(=O)c1cnc2ccc(COCC(F)(F)F)cn12. The second-order valence-electron chi connectivity index (χ2n) is 6.49. The van der Waals surface area contributed by atoms with Crippen molar-refractivity contribution in [2.45, 2.75) is 19.7 Å². The summed E-state index contributed by atoms with van der Waals surface area (Å²) in [5.41, 5.74) is 8.27. The van der Waals surface area contributed by atoms with E-state index in [4.69, 9.17) is 10.9 Å². The molecule has 0 aliphatic rings. The fourth-order valence-electron chi connectivity index (χ4n) is 2.72. The number of imidazole rings is 1. The van der Waals surface area contributed by atoms with Crippen molar-refractivity contribution in [2.24, 2.45) is 10.9 Å². The highest BCUT2D eigenvalue weighted by Gasteiger charge is 2.27. The summed E-state index contributed by atoms with van der Waals surface area (Å²) in [5.74, 6) is -0.598. The Morgan fingerprint density at radius 3 is 2.80 bits per heavy atom. The van der Waals surface area contributed by atoms with Crippen LogP contribution in [0, 0.1) is 6.92 Å². The molecule has 0 bridgehead atoms. The van der Waals surface area contributed by atoms with Gasteiger partial charge in [0.15, 0.2) is 5.84 Å². The average Bonchev–Trinajstić information content (AvgIpc) is 3.11. The predicted octanol–water partition coefficient (Wildman–Crippen LogP) is 3.07. The molecule has 0 saturated carbocycles. The maximum absolute atomic E-state index is 12.8. The van der Waals surface area contributed by atoms with Crippen molar-refractivity contribution in [1.29, 1.82) is 0 Å². The highest BCUT2D eigenvalue weighted by molar-refractivity contribution is 6.05. The number of pyridine rings is 1. The van der Waals surface area contributed by atoms with Crippen LogP contribution in [0.3, 0.4) is 0 Å². The molecule has 0 saturated heterocycles. The van der Waals surface area contributed by atoms with Crippen molar-refractivity contribution in [3.8, 4) is 0 Å². The third-order valence-corrected chi connectivity index (χ3v) is 4.22. The number of benzene rings is 1. The second-order valence-corrected chi connectivity index (χ2v) is 6.49. The average molecular weight is 421 g/mol. The minimum atomic E-state index is -4.42. The van der Waals surface area contributed by atoms with E-state index in [0.717, 1.165) is 5.56 Å². The van der Waals surface area contributed by atoms with Gasteiger partial charge in [0, 0.05) is 17.4 Å². The number of nitrogens with one attached hydrogen (secondary N) is 1. The number of hydrogen-bond acceptors (Lipinski definition) is 5. The lowest BCUT2D eigenvalue weighted by Crippen LogP contribution is -2.18. The summed E-state index contributed by atoms with van der Waals surface area (Å²) in [4.78, 5) is 16.9. The Morgan fingerprint density at radius 1 is 1.33 bits per heavy atom. The van der Waals surface area contributed by atoms with E-state index >= 15 is 0 Å². The third-order valence-electron chi connectivity index (χ3n) is 4.22. The van der Waals surface area contributed by atoms with Crippen LogP contribution in [0.2, 0.25) is 0 Å². The van der Waals surface area contributed by atoms with Gasteiger partial charge in [0.1, 0.15) is 17.9 Å². The maximum atomic E-state index is 12.8. The minimum Gasteiger partial charge on any atom is -0.409 e. The fourth-order valence-corrected chi connectivity index (χ4v) is 2.72. The van der Waals surface area contributed by atoms with Crippen LogP contribution in [0.25, 0.3) is 5.65 Å². The first-order valence-corrected chi connectivity index (χ1v) is 8.68. The van der Waals surface area contributed by atoms with Gasteiger partial charge in [0.05, 0.1) is 12.8 Å². The summed E-state index contributed by atoms with van der Waals surface area (Å²) in [6, 6.07) is 8.05. The molecule has 0 radical (unpaired) electrons. The topological polar surface area (TPSA) is 114 Å². The number of halogens is 3. The molecule has 0 aliphatic carbocycles. The van der Waals surface area contributed by atoms with E-state index in [9.17, 15) is 18.0 Å². The van der Waals surface area contributed by atoms with Gasteiger partial charge in [-0.15, -0.1) is 0 Å². The van der Waals surface area contributed by atoms with Gasteiger partial charge in [0.25, 0.3) is 5.91 Å². The molecule has 1 aromatic carbocycles. The molecule has 0 unspecified atom stereocenters. The Labute approximate surface area is 168 Å². The van der Waals surface area contributed by atoms with Crippen molar-refractivity contribution in [3.63, 3.8) is 0 Å². The molecule has 1 amide bonds. The number of rotatable bonds is 6. The van der Waals surface area contributed by atoms with Gasteiger partial charge in [-0.25, -0.2) is 4.98 Å². The zero-order valence-electron chi connectivity index (χ0n) is 15.8. The molecule has 4 N–H and O–H groups in total. The molecule has 2 heterocycles. The molecule has 0 aliphatic heterocycles. The quantitative estimate of drug-likeness (QED) is 0.245. The summed E-state index contributed by atoms with van der Waals surface area (Å²) >= 11 is 0. The lowest BCUT2D eigenvalue weighted by molar-refractivity contribution is -0.176. The highest BCUT2D eigenvalue weighted by Crippen LogP contribution is 2.19. The van der Waals surface area contributed by atoms with Gasteiger partial charge < -0.3 is 21.0 Å². The van der Waals surface area contributed by atoms with Gasteiger partial charge in [-0.1, -0.05) is 23.4 Å². The van der Waals surface area contributed by atoms with Crippen LogP contribution in [0.5, 0.6) is 0 Å². The molecule has 0 spiro atoms. The van der Waals surface area contributed by atoms with Crippen molar-refractivity contribution in [3.05, 3.63) is 65.1 Å². The number of hydrogen-bond donors (Lipinski definition) is 3. The monoisotopic (exact) mass is 421 g/mol. The normalized spacial score (nSPS) is 12.3.